The van der Waals surface area contributed by atoms with Crippen LogP contribution in [0, 0.1) is 0 Å². The first kappa shape index (κ1) is 19.9. The molecular weight excluding hydrogens is 394 g/mol. The van der Waals surface area contributed by atoms with E-state index < -0.39 is 0 Å². The zero-order chi connectivity index (χ0) is 20.9. The van der Waals surface area contributed by atoms with Gasteiger partial charge in [0.05, 0.1) is 10.4 Å². The molecule has 0 unspecified atom stereocenters. The van der Waals surface area contributed by atoms with E-state index in [0.29, 0.717) is 22.3 Å². The maximum absolute atomic E-state index is 6.39. The second-order valence-electron chi connectivity index (χ2n) is 6.83. The van der Waals surface area contributed by atoms with Crippen molar-refractivity contribution in [2.75, 3.05) is 17.2 Å². The van der Waals surface area contributed by atoms with Gasteiger partial charge in [0.1, 0.15) is 5.82 Å². The van der Waals surface area contributed by atoms with E-state index in [1.165, 1.54) is 0 Å². The normalized spacial score (nSPS) is 10.7. The van der Waals surface area contributed by atoms with Crippen molar-refractivity contribution >= 4 is 39.8 Å². The highest BCUT2D eigenvalue weighted by Crippen LogP contribution is 2.31. The summed E-state index contributed by atoms with van der Waals surface area (Å²) in [5.41, 5.74) is 4.10. The maximum Gasteiger partial charge on any atom is 0.165 e. The summed E-state index contributed by atoms with van der Waals surface area (Å²) in [6, 6.07) is 19.4. The molecule has 5 nitrogen and oxygen atoms in total. The number of hydrogen-bond acceptors (Lipinski definition) is 5. The summed E-state index contributed by atoms with van der Waals surface area (Å²) in [6.45, 7) is 7.29. The molecule has 0 spiro atoms. The second kappa shape index (κ2) is 8.93. The van der Waals surface area contributed by atoms with E-state index in [0.717, 1.165) is 40.9 Å². The molecule has 0 aliphatic carbocycles. The number of rotatable bonds is 7. The van der Waals surface area contributed by atoms with Gasteiger partial charge >= 0.3 is 0 Å². The number of nitrogens with zero attached hydrogens (tertiary/aromatic N) is 3. The van der Waals surface area contributed by atoms with Crippen molar-refractivity contribution in [2.24, 2.45) is 0 Å². The van der Waals surface area contributed by atoms with Crippen LogP contribution in [0.1, 0.15) is 18.9 Å². The van der Waals surface area contributed by atoms with Crippen molar-refractivity contribution in [1.82, 2.24) is 15.0 Å². The lowest BCUT2D eigenvalue weighted by Gasteiger charge is -2.16. The highest BCUT2D eigenvalue weighted by Gasteiger charge is 2.14. The van der Waals surface area contributed by atoms with Crippen LogP contribution in [0.3, 0.4) is 0 Å². The molecule has 0 amide bonds. The monoisotopic (exact) mass is 415 g/mol. The number of aromatic nitrogens is 3. The molecule has 4 rings (SSSR count). The van der Waals surface area contributed by atoms with Crippen LogP contribution in [-0.4, -0.2) is 21.5 Å². The average molecular weight is 416 g/mol. The smallest absolute Gasteiger partial charge is 0.165 e. The molecule has 4 aromatic rings. The number of hydrogen-bond donors (Lipinski definition) is 2. The fraction of sp³-hybridized carbons (Fsp3) is 0.125. The molecule has 0 atom stereocenters. The Bertz CT molecular complexity index is 1210. The summed E-state index contributed by atoms with van der Waals surface area (Å²) in [7, 11) is 0. The quantitative estimate of drug-likeness (QED) is 0.373. The summed E-state index contributed by atoms with van der Waals surface area (Å²) in [5.74, 6) is 1.15. The summed E-state index contributed by atoms with van der Waals surface area (Å²) < 4.78 is 0. The molecule has 0 aliphatic rings. The Morgan fingerprint density at radius 1 is 1.00 bits per heavy atom. The van der Waals surface area contributed by atoms with Gasteiger partial charge in [-0.15, -0.1) is 0 Å². The highest BCUT2D eigenvalue weighted by molar-refractivity contribution is 6.33. The number of benzene rings is 2. The van der Waals surface area contributed by atoms with E-state index in [9.17, 15) is 0 Å². The molecule has 150 valence electrons. The van der Waals surface area contributed by atoms with Gasteiger partial charge < -0.3 is 10.6 Å². The van der Waals surface area contributed by atoms with Crippen molar-refractivity contribution in [3.63, 3.8) is 0 Å². The van der Waals surface area contributed by atoms with Crippen LogP contribution in [0.15, 0.2) is 73.4 Å². The lowest BCUT2D eigenvalue weighted by Crippen LogP contribution is -2.07. The van der Waals surface area contributed by atoms with Gasteiger partial charge in [0.2, 0.25) is 0 Å². The van der Waals surface area contributed by atoms with Gasteiger partial charge in [-0.25, -0.2) is 15.0 Å². The molecule has 2 heterocycles. The fourth-order valence-corrected chi connectivity index (χ4v) is 3.41. The standard InChI is InChI=1S/C24H22ClN5/c1-3-14-26-21-13-7-5-9-17(21)16(2)28-24-19-11-8-15-27-22(19)29-23(30-24)18-10-4-6-12-20(18)25/h4-13,15,26H,2-3,14H2,1H3,(H,27,28,29,30). The van der Waals surface area contributed by atoms with Gasteiger partial charge in [0.15, 0.2) is 11.5 Å². The number of fused-ring (bicyclic) bond motifs is 1. The molecule has 6 heteroatoms. The molecule has 0 bridgehead atoms. The minimum Gasteiger partial charge on any atom is -0.385 e. The Hall–Kier alpha value is -3.44. The minimum absolute atomic E-state index is 0.513. The largest absolute Gasteiger partial charge is 0.385 e. The van der Waals surface area contributed by atoms with Crippen LogP contribution in [0.25, 0.3) is 28.1 Å². The summed E-state index contributed by atoms with van der Waals surface area (Å²) in [4.78, 5) is 13.8. The molecule has 0 saturated heterocycles. The number of nitrogens with one attached hydrogen (secondary N) is 2. The van der Waals surface area contributed by atoms with E-state index >= 15 is 0 Å². The van der Waals surface area contributed by atoms with Crippen molar-refractivity contribution < 1.29 is 0 Å². The molecule has 0 radical (unpaired) electrons. The van der Waals surface area contributed by atoms with Crippen molar-refractivity contribution in [1.29, 1.82) is 0 Å². The highest BCUT2D eigenvalue weighted by atomic mass is 35.5. The molecule has 2 N–H and O–H groups in total. The molecule has 2 aromatic carbocycles. The first-order valence-electron chi connectivity index (χ1n) is 9.84. The van der Waals surface area contributed by atoms with E-state index in [1.807, 2.05) is 60.7 Å². The number of para-hydroxylation sites is 1. The first-order chi connectivity index (χ1) is 14.7. The third-order valence-corrected chi connectivity index (χ3v) is 5.00. The zero-order valence-electron chi connectivity index (χ0n) is 16.7. The van der Waals surface area contributed by atoms with E-state index in [1.54, 1.807) is 6.20 Å². The lowest BCUT2D eigenvalue weighted by molar-refractivity contribution is 0.979. The van der Waals surface area contributed by atoms with Crippen LogP contribution in [-0.2, 0) is 0 Å². The van der Waals surface area contributed by atoms with Crippen molar-refractivity contribution in [3.05, 3.63) is 84.0 Å². The third-order valence-electron chi connectivity index (χ3n) is 4.67. The number of anilines is 2. The van der Waals surface area contributed by atoms with Crippen LogP contribution in [0.4, 0.5) is 11.5 Å². The molecule has 0 saturated carbocycles. The zero-order valence-corrected chi connectivity index (χ0v) is 17.4. The molecule has 30 heavy (non-hydrogen) atoms. The Balaban J connectivity index is 1.76. The van der Waals surface area contributed by atoms with Gasteiger partial charge in [0.25, 0.3) is 0 Å². The SMILES string of the molecule is C=C(Nc1nc(-c2ccccc2Cl)nc2ncccc12)c1ccccc1NCCC. The third kappa shape index (κ3) is 4.11. The van der Waals surface area contributed by atoms with Crippen LogP contribution in [0.5, 0.6) is 0 Å². The fourth-order valence-electron chi connectivity index (χ4n) is 3.19. The average Bonchev–Trinajstić information content (AvgIpc) is 2.78. The predicted molar refractivity (Wildman–Crippen MR) is 126 cm³/mol. The van der Waals surface area contributed by atoms with Gasteiger partial charge in [0, 0.05) is 35.3 Å². The van der Waals surface area contributed by atoms with Crippen molar-refractivity contribution in [2.45, 2.75) is 13.3 Å². The van der Waals surface area contributed by atoms with E-state index in [-0.39, 0.29) is 0 Å². The van der Waals surface area contributed by atoms with Crippen molar-refractivity contribution in [3.8, 4) is 11.4 Å². The Kier molecular flexibility index (Phi) is 5.91. The summed E-state index contributed by atoms with van der Waals surface area (Å²) in [6.07, 6.45) is 2.76. The second-order valence-corrected chi connectivity index (χ2v) is 7.23. The predicted octanol–water partition coefficient (Wildman–Crippen LogP) is 6.25. The Morgan fingerprint density at radius 3 is 2.63 bits per heavy atom. The van der Waals surface area contributed by atoms with Crippen LogP contribution in [0.2, 0.25) is 5.02 Å². The lowest BCUT2D eigenvalue weighted by atomic mass is 10.1. The first-order valence-corrected chi connectivity index (χ1v) is 10.2. The Labute approximate surface area is 180 Å². The van der Waals surface area contributed by atoms with E-state index in [2.05, 4.69) is 34.1 Å². The number of pyridine rings is 1. The van der Waals surface area contributed by atoms with Gasteiger partial charge in [-0.2, -0.15) is 0 Å². The van der Waals surface area contributed by atoms with Crippen LogP contribution >= 0.6 is 11.6 Å². The molecular formula is C24H22ClN5. The Morgan fingerprint density at radius 2 is 1.80 bits per heavy atom. The summed E-state index contributed by atoms with van der Waals surface area (Å²) in [5, 5.41) is 8.23. The number of halogens is 1. The summed E-state index contributed by atoms with van der Waals surface area (Å²) >= 11 is 6.39. The van der Waals surface area contributed by atoms with E-state index in [4.69, 9.17) is 16.6 Å². The molecule has 2 aromatic heterocycles. The van der Waals surface area contributed by atoms with Gasteiger partial charge in [-0.1, -0.05) is 55.4 Å². The maximum atomic E-state index is 6.39. The minimum atomic E-state index is 0.513. The van der Waals surface area contributed by atoms with Crippen LogP contribution < -0.4 is 10.6 Å². The molecule has 0 aliphatic heterocycles. The van der Waals surface area contributed by atoms with Gasteiger partial charge in [-0.3, -0.25) is 0 Å². The topological polar surface area (TPSA) is 62.7 Å². The molecule has 0 fully saturated rings. The van der Waals surface area contributed by atoms with Gasteiger partial charge in [-0.05, 0) is 36.8 Å².